The number of aliphatic hydroxyl groups is 2. The van der Waals surface area contributed by atoms with Gasteiger partial charge in [0.1, 0.15) is 16.8 Å². The molecule has 0 unspecified atom stereocenters. The predicted molar refractivity (Wildman–Crippen MR) is 170 cm³/mol. The van der Waals surface area contributed by atoms with E-state index in [1.54, 1.807) is 69.3 Å². The summed E-state index contributed by atoms with van der Waals surface area (Å²) in [5.74, 6) is 1.60. The third-order valence-corrected chi connectivity index (χ3v) is 7.93. The lowest BCUT2D eigenvalue weighted by atomic mass is 9.95. The van der Waals surface area contributed by atoms with Gasteiger partial charge in [-0.1, -0.05) is 18.2 Å². The Morgan fingerprint density at radius 2 is 1.47 bits per heavy atom. The fourth-order valence-corrected chi connectivity index (χ4v) is 5.68. The maximum absolute atomic E-state index is 14.1. The number of nitrogens with zero attached hydrogens (tertiary/aromatic N) is 2. The van der Waals surface area contributed by atoms with Gasteiger partial charge in [0.2, 0.25) is 0 Å². The number of aryl methyl sites for hydroxylation is 2. The predicted octanol–water partition coefficient (Wildman–Crippen LogP) is 4.38. The Labute approximate surface area is 259 Å². The molecule has 2 N–H and O–H groups in total. The minimum Gasteiger partial charge on any atom is -0.493 e. The van der Waals surface area contributed by atoms with Crippen LogP contribution in [-0.2, 0) is 26.2 Å². The second-order valence-electron chi connectivity index (χ2n) is 10.6. The second-order valence-corrected chi connectivity index (χ2v) is 10.6. The van der Waals surface area contributed by atoms with Crippen LogP contribution in [0, 0.1) is 0 Å². The van der Waals surface area contributed by atoms with Crippen LogP contribution in [0.4, 0.5) is 0 Å². The van der Waals surface area contributed by atoms with E-state index in [1.165, 1.54) is 19.1 Å². The number of methoxy groups -OCH3 is 4. The number of hydrogen-bond acceptors (Lipinski definition) is 9. The molecule has 11 nitrogen and oxygen atoms in total. The number of carbonyl (C=O) groups excluding carboxylic acids is 1. The van der Waals surface area contributed by atoms with Crippen molar-refractivity contribution in [2.24, 2.45) is 0 Å². The highest BCUT2D eigenvalue weighted by Gasteiger charge is 2.30. The first-order chi connectivity index (χ1) is 21.7. The Kier molecular flexibility index (Phi) is 9.03. The lowest BCUT2D eigenvalue weighted by Crippen LogP contribution is -2.26. The normalized spacial score (nSPS) is 11.2. The molecule has 3 aromatic carbocycles. The van der Waals surface area contributed by atoms with Crippen LogP contribution in [0.3, 0.4) is 0 Å². The molecule has 0 radical (unpaired) electrons. The van der Waals surface area contributed by atoms with Crippen LogP contribution in [0.2, 0.25) is 0 Å². The van der Waals surface area contributed by atoms with E-state index in [0.29, 0.717) is 62.4 Å². The average molecular weight is 617 g/mol. The van der Waals surface area contributed by atoms with E-state index in [9.17, 15) is 19.8 Å². The van der Waals surface area contributed by atoms with Crippen LogP contribution in [0.25, 0.3) is 33.0 Å². The van der Waals surface area contributed by atoms with Gasteiger partial charge in [-0.15, -0.1) is 0 Å². The summed E-state index contributed by atoms with van der Waals surface area (Å²) in [5, 5.41) is 21.0. The van der Waals surface area contributed by atoms with Gasteiger partial charge < -0.3 is 43.0 Å². The molecule has 0 aliphatic rings. The second kappa shape index (κ2) is 12.9. The van der Waals surface area contributed by atoms with Gasteiger partial charge in [-0.2, -0.15) is 0 Å². The Bertz CT molecular complexity index is 1960. The van der Waals surface area contributed by atoms with Gasteiger partial charge in [0.25, 0.3) is 5.91 Å². The first-order valence-corrected chi connectivity index (χ1v) is 14.2. The third kappa shape index (κ3) is 5.56. The molecular formula is C34H36N2O9. The molecule has 2 aromatic heterocycles. The molecule has 5 rings (SSSR count). The molecular weight excluding hydrogens is 580 g/mol. The molecule has 0 spiro atoms. The number of amides is 1. The van der Waals surface area contributed by atoms with E-state index < -0.39 is 5.63 Å². The minimum atomic E-state index is -0.634. The van der Waals surface area contributed by atoms with E-state index in [1.807, 2.05) is 12.1 Å². The van der Waals surface area contributed by atoms with Crippen molar-refractivity contribution in [1.29, 1.82) is 0 Å². The monoisotopic (exact) mass is 616 g/mol. The lowest BCUT2D eigenvalue weighted by Gasteiger charge is -2.17. The number of ether oxygens (including phenoxy) is 4. The molecule has 0 fully saturated rings. The average Bonchev–Trinajstić information content (AvgIpc) is 3.41. The number of benzene rings is 3. The van der Waals surface area contributed by atoms with Gasteiger partial charge in [0, 0.05) is 43.0 Å². The summed E-state index contributed by atoms with van der Waals surface area (Å²) in [6, 6.07) is 14.1. The first-order valence-electron chi connectivity index (χ1n) is 14.2. The summed E-state index contributed by atoms with van der Waals surface area (Å²) in [6.45, 7) is -0.352. The smallest absolute Gasteiger partial charge is 0.361 e. The van der Waals surface area contributed by atoms with Gasteiger partial charge in [0.05, 0.1) is 41.7 Å². The molecule has 11 heteroatoms. The van der Waals surface area contributed by atoms with Crippen LogP contribution < -0.4 is 24.6 Å². The van der Waals surface area contributed by atoms with Crippen molar-refractivity contribution >= 4 is 27.8 Å². The van der Waals surface area contributed by atoms with Crippen molar-refractivity contribution in [3.05, 3.63) is 81.3 Å². The first kappa shape index (κ1) is 31.4. The molecule has 0 aliphatic carbocycles. The molecule has 45 heavy (non-hydrogen) atoms. The van der Waals surface area contributed by atoms with E-state index in [-0.39, 0.29) is 42.5 Å². The van der Waals surface area contributed by atoms with Crippen LogP contribution in [0.1, 0.15) is 27.2 Å². The highest BCUT2D eigenvalue weighted by atomic mass is 16.5. The number of fused-ring (bicyclic) bond motifs is 3. The van der Waals surface area contributed by atoms with Crippen LogP contribution in [0.15, 0.2) is 57.7 Å². The fourth-order valence-electron chi connectivity index (χ4n) is 5.68. The maximum Gasteiger partial charge on any atom is 0.361 e. The van der Waals surface area contributed by atoms with Crippen LogP contribution in [0.5, 0.6) is 23.0 Å². The van der Waals surface area contributed by atoms with Crippen molar-refractivity contribution in [2.45, 2.75) is 26.2 Å². The summed E-state index contributed by atoms with van der Waals surface area (Å²) in [7, 11) is 9.41. The summed E-state index contributed by atoms with van der Waals surface area (Å²) in [4.78, 5) is 29.4. The Morgan fingerprint density at radius 1 is 0.822 bits per heavy atom. The molecule has 0 aliphatic heterocycles. The topological polar surface area (TPSA) is 133 Å². The van der Waals surface area contributed by atoms with Gasteiger partial charge in [-0.05, 0) is 52.9 Å². The lowest BCUT2D eigenvalue weighted by molar-refractivity contribution is 0.0818. The van der Waals surface area contributed by atoms with Crippen molar-refractivity contribution in [3.8, 4) is 34.1 Å². The summed E-state index contributed by atoms with van der Waals surface area (Å²) < 4.78 is 29.5. The fraction of sp³-hybridized carbons (Fsp3) is 0.294. The summed E-state index contributed by atoms with van der Waals surface area (Å²) in [5.41, 5.74) is 3.10. The summed E-state index contributed by atoms with van der Waals surface area (Å²) >= 11 is 0. The summed E-state index contributed by atoms with van der Waals surface area (Å²) in [6.07, 6.45) is 0.437. The zero-order chi connectivity index (χ0) is 32.4. The highest BCUT2D eigenvalue weighted by molar-refractivity contribution is 6.18. The molecule has 2 heterocycles. The molecule has 0 saturated carbocycles. The Hall–Kier alpha value is -5.00. The van der Waals surface area contributed by atoms with Gasteiger partial charge in [-0.25, -0.2) is 4.79 Å². The largest absolute Gasteiger partial charge is 0.493 e. The number of rotatable bonds is 11. The van der Waals surface area contributed by atoms with E-state index >= 15 is 0 Å². The zero-order valence-electron chi connectivity index (χ0n) is 26.1. The molecule has 0 atom stereocenters. The molecule has 1 amide bonds. The van der Waals surface area contributed by atoms with Gasteiger partial charge >= 0.3 is 5.63 Å². The van der Waals surface area contributed by atoms with Crippen molar-refractivity contribution < 1.29 is 38.4 Å². The van der Waals surface area contributed by atoms with Crippen molar-refractivity contribution in [2.75, 3.05) is 42.5 Å². The highest BCUT2D eigenvalue weighted by Crippen LogP contribution is 2.42. The van der Waals surface area contributed by atoms with E-state index in [0.717, 1.165) is 5.56 Å². The number of aromatic nitrogens is 1. The van der Waals surface area contributed by atoms with E-state index in [4.69, 9.17) is 23.4 Å². The Morgan fingerprint density at radius 3 is 2.09 bits per heavy atom. The van der Waals surface area contributed by atoms with Gasteiger partial charge in [0.15, 0.2) is 23.0 Å². The van der Waals surface area contributed by atoms with Crippen LogP contribution in [-0.4, -0.2) is 68.1 Å². The minimum absolute atomic E-state index is 0.201. The van der Waals surface area contributed by atoms with Crippen molar-refractivity contribution in [3.63, 3.8) is 0 Å². The van der Waals surface area contributed by atoms with Crippen LogP contribution >= 0.6 is 0 Å². The third-order valence-electron chi connectivity index (χ3n) is 7.93. The van der Waals surface area contributed by atoms with E-state index in [2.05, 4.69) is 0 Å². The van der Waals surface area contributed by atoms with Gasteiger partial charge in [-0.3, -0.25) is 4.79 Å². The quantitative estimate of drug-likeness (QED) is 0.208. The maximum atomic E-state index is 14.1. The Balaban J connectivity index is 1.89. The molecule has 0 saturated heterocycles. The van der Waals surface area contributed by atoms with Crippen molar-refractivity contribution in [1.82, 2.24) is 9.47 Å². The SMILES string of the molecule is COc1ccc(CCn2c(C(=O)N(C)C)c(-c3ccc(CO)c(CO)c3)c3c4cc(OC)c(OC)cc4oc(=O)c32)cc1OC. The number of carbonyl (C=O) groups is 1. The molecule has 0 bridgehead atoms. The zero-order valence-corrected chi connectivity index (χ0v) is 26.1. The standard InChI is InChI=1S/C34H36N2O9/c1-35(2)33(39)31-29(20-8-9-21(17-37)22(14-20)18-38)30-23-15-27(43-5)28(44-6)16-25(23)45-34(40)32(30)36(31)12-11-19-7-10-24(41-3)26(13-19)42-4/h7-10,13-16,37-38H,11-12,17-18H2,1-6H3. The molecule has 236 valence electrons. The number of aliphatic hydroxyl groups excluding tert-OH is 2. The number of hydrogen-bond donors (Lipinski definition) is 2. The molecule has 5 aromatic rings.